The molecule has 17 heavy (non-hydrogen) atoms. The molecule has 4 rings (SSSR count). The average Bonchev–Trinajstić information content (AvgIpc) is 2.86. The Balaban J connectivity index is 1.73. The minimum atomic E-state index is -0.825. The van der Waals surface area contributed by atoms with Crippen molar-refractivity contribution in [3.63, 3.8) is 0 Å². The number of fused-ring (bicyclic) bond motifs is 1. The van der Waals surface area contributed by atoms with Crippen LogP contribution in [-0.2, 0) is 6.54 Å². The van der Waals surface area contributed by atoms with Crippen molar-refractivity contribution in [3.05, 3.63) is 46.3 Å². The van der Waals surface area contributed by atoms with E-state index in [1.54, 1.807) is 0 Å². The number of nitrogens with zero attached hydrogens (tertiary/aromatic N) is 4. The van der Waals surface area contributed by atoms with E-state index in [2.05, 4.69) is 14.9 Å². The Bertz CT molecular complexity index is 457. The maximum absolute atomic E-state index is 13.7. The highest BCUT2D eigenvalue weighted by molar-refractivity contribution is 5.20. The molecule has 3 aliphatic rings. The lowest BCUT2D eigenvalue weighted by Crippen LogP contribution is -2.52. The standard InChI is InChI=1S/C12H13FN4/c13-10-9-7-17(12(10)11(9)15-16-14)6-8-4-2-1-3-5-8/h1-5,9-12H,6-7H2/t9-,10-,11+,12+/m0/s1. The summed E-state index contributed by atoms with van der Waals surface area (Å²) in [7, 11) is 0. The first-order chi connectivity index (χ1) is 8.31. The summed E-state index contributed by atoms with van der Waals surface area (Å²) in [5, 5.41) is 3.70. The maximum atomic E-state index is 13.7. The Morgan fingerprint density at radius 2 is 2.18 bits per heavy atom. The van der Waals surface area contributed by atoms with Crippen molar-refractivity contribution in [2.24, 2.45) is 11.0 Å². The molecule has 0 amide bonds. The molecule has 0 N–H and O–H groups in total. The maximum Gasteiger partial charge on any atom is 0.120 e. The summed E-state index contributed by atoms with van der Waals surface area (Å²) < 4.78 is 13.7. The van der Waals surface area contributed by atoms with Crippen LogP contribution in [0.4, 0.5) is 4.39 Å². The molecule has 3 fully saturated rings. The molecule has 1 aliphatic carbocycles. The van der Waals surface area contributed by atoms with Gasteiger partial charge in [0.05, 0.1) is 12.1 Å². The van der Waals surface area contributed by atoms with Crippen molar-refractivity contribution in [2.45, 2.75) is 24.8 Å². The van der Waals surface area contributed by atoms with Crippen molar-refractivity contribution < 1.29 is 4.39 Å². The summed E-state index contributed by atoms with van der Waals surface area (Å²) in [6, 6.07) is 9.61. The summed E-state index contributed by atoms with van der Waals surface area (Å²) in [6.07, 6.45) is -0.825. The molecule has 5 heteroatoms. The number of azide groups is 1. The SMILES string of the molecule is [N-]=[N+]=N[C@@H]1[C@H]2CN(Cc3ccccc3)[C@@H]1[C@H]2F. The third kappa shape index (κ3) is 1.59. The molecule has 2 heterocycles. The van der Waals surface area contributed by atoms with Gasteiger partial charge in [0.1, 0.15) is 6.17 Å². The molecule has 0 aromatic heterocycles. The lowest BCUT2D eigenvalue weighted by atomic mass is 9.78. The highest BCUT2D eigenvalue weighted by atomic mass is 19.1. The van der Waals surface area contributed by atoms with Crippen LogP contribution < -0.4 is 0 Å². The number of halogens is 1. The Labute approximate surface area is 98.7 Å². The van der Waals surface area contributed by atoms with Gasteiger partial charge < -0.3 is 0 Å². The molecule has 0 spiro atoms. The highest BCUT2D eigenvalue weighted by Crippen LogP contribution is 2.46. The van der Waals surface area contributed by atoms with Crippen LogP contribution >= 0.6 is 0 Å². The van der Waals surface area contributed by atoms with Crippen LogP contribution in [-0.4, -0.2) is 29.7 Å². The van der Waals surface area contributed by atoms with Crippen molar-refractivity contribution in [1.82, 2.24) is 4.90 Å². The molecule has 0 radical (unpaired) electrons. The van der Waals surface area contributed by atoms with Gasteiger partial charge in [-0.05, 0) is 11.1 Å². The third-order valence-electron chi connectivity index (χ3n) is 3.80. The molecule has 2 bridgehead atoms. The third-order valence-corrected chi connectivity index (χ3v) is 3.80. The lowest BCUT2D eigenvalue weighted by Gasteiger charge is -2.37. The molecule has 1 saturated carbocycles. The van der Waals surface area contributed by atoms with Crippen LogP contribution in [0, 0.1) is 5.92 Å². The molecule has 4 nitrogen and oxygen atoms in total. The lowest BCUT2D eigenvalue weighted by molar-refractivity contribution is 0.0751. The van der Waals surface area contributed by atoms with Gasteiger partial charge in [-0.3, -0.25) is 4.90 Å². The predicted molar refractivity (Wildman–Crippen MR) is 62.0 cm³/mol. The van der Waals surface area contributed by atoms with E-state index in [0.717, 1.165) is 6.54 Å². The molecule has 1 aromatic carbocycles. The number of rotatable bonds is 3. The first-order valence-electron chi connectivity index (χ1n) is 5.77. The zero-order valence-electron chi connectivity index (χ0n) is 9.28. The fraction of sp³-hybridized carbons (Fsp3) is 0.500. The van der Waals surface area contributed by atoms with E-state index in [9.17, 15) is 4.39 Å². The van der Waals surface area contributed by atoms with Gasteiger partial charge in [0.15, 0.2) is 0 Å². The number of benzene rings is 1. The zero-order valence-corrected chi connectivity index (χ0v) is 9.28. The summed E-state index contributed by atoms with van der Waals surface area (Å²) in [4.78, 5) is 4.89. The molecule has 1 aromatic rings. The molecular weight excluding hydrogens is 219 g/mol. The zero-order chi connectivity index (χ0) is 11.8. The van der Waals surface area contributed by atoms with Gasteiger partial charge in [0.25, 0.3) is 0 Å². The van der Waals surface area contributed by atoms with E-state index in [-0.39, 0.29) is 18.0 Å². The van der Waals surface area contributed by atoms with Crippen molar-refractivity contribution in [3.8, 4) is 0 Å². The van der Waals surface area contributed by atoms with E-state index in [1.165, 1.54) is 5.56 Å². The molecule has 88 valence electrons. The molecular formula is C12H13FN4. The van der Waals surface area contributed by atoms with Crippen LogP contribution in [0.5, 0.6) is 0 Å². The van der Waals surface area contributed by atoms with E-state index in [4.69, 9.17) is 5.53 Å². The van der Waals surface area contributed by atoms with Gasteiger partial charge in [-0.1, -0.05) is 35.4 Å². The summed E-state index contributed by atoms with van der Waals surface area (Å²) >= 11 is 0. The van der Waals surface area contributed by atoms with Crippen molar-refractivity contribution in [1.29, 1.82) is 0 Å². The van der Waals surface area contributed by atoms with E-state index in [0.29, 0.717) is 6.54 Å². The van der Waals surface area contributed by atoms with Gasteiger partial charge in [0, 0.05) is 23.9 Å². The molecule has 4 atom stereocenters. The van der Waals surface area contributed by atoms with E-state index < -0.39 is 6.17 Å². The van der Waals surface area contributed by atoms with Crippen LogP contribution in [0.25, 0.3) is 10.4 Å². The van der Waals surface area contributed by atoms with Gasteiger partial charge in [-0.2, -0.15) is 0 Å². The van der Waals surface area contributed by atoms with Crippen LogP contribution in [0.3, 0.4) is 0 Å². The fourth-order valence-electron chi connectivity index (χ4n) is 2.96. The first kappa shape index (κ1) is 10.6. The minimum Gasteiger partial charge on any atom is -0.292 e. The van der Waals surface area contributed by atoms with Crippen LogP contribution in [0.2, 0.25) is 0 Å². The predicted octanol–water partition coefficient (Wildman–Crippen LogP) is 2.52. The quantitative estimate of drug-likeness (QED) is 0.449. The molecule has 0 unspecified atom stereocenters. The van der Waals surface area contributed by atoms with E-state index >= 15 is 0 Å². The number of hydrogen-bond acceptors (Lipinski definition) is 2. The number of alkyl halides is 1. The van der Waals surface area contributed by atoms with Gasteiger partial charge >= 0.3 is 0 Å². The summed E-state index contributed by atoms with van der Waals surface area (Å²) in [5.74, 6) is -0.0976. The average molecular weight is 232 g/mol. The Kier molecular flexibility index (Phi) is 2.50. The summed E-state index contributed by atoms with van der Waals surface area (Å²) in [6.45, 7) is 1.43. The Hall–Kier alpha value is -1.58. The van der Waals surface area contributed by atoms with Crippen LogP contribution in [0.1, 0.15) is 5.56 Å². The Morgan fingerprint density at radius 1 is 1.41 bits per heavy atom. The van der Waals surface area contributed by atoms with Gasteiger partial charge in [-0.25, -0.2) is 4.39 Å². The largest absolute Gasteiger partial charge is 0.292 e. The van der Waals surface area contributed by atoms with Crippen molar-refractivity contribution >= 4 is 0 Å². The number of hydrogen-bond donors (Lipinski definition) is 0. The normalized spacial score (nSPS) is 35.1. The van der Waals surface area contributed by atoms with Gasteiger partial charge in [-0.15, -0.1) is 0 Å². The van der Waals surface area contributed by atoms with Crippen LogP contribution in [0.15, 0.2) is 35.4 Å². The Morgan fingerprint density at radius 3 is 2.88 bits per heavy atom. The topological polar surface area (TPSA) is 52.0 Å². The van der Waals surface area contributed by atoms with Gasteiger partial charge in [0.2, 0.25) is 0 Å². The minimum absolute atomic E-state index is 0.0976. The molecule has 2 saturated heterocycles. The first-order valence-corrected chi connectivity index (χ1v) is 5.77. The smallest absolute Gasteiger partial charge is 0.120 e. The van der Waals surface area contributed by atoms with Crippen molar-refractivity contribution in [2.75, 3.05) is 6.54 Å². The highest BCUT2D eigenvalue weighted by Gasteiger charge is 2.60. The second-order valence-electron chi connectivity index (χ2n) is 4.71. The second-order valence-corrected chi connectivity index (χ2v) is 4.71. The summed E-state index contributed by atoms with van der Waals surface area (Å²) in [5.41, 5.74) is 9.62. The van der Waals surface area contributed by atoms with E-state index in [1.807, 2.05) is 30.3 Å². The monoisotopic (exact) mass is 232 g/mol. The molecule has 2 aliphatic heterocycles. The second kappa shape index (κ2) is 4.02. The fourth-order valence-corrected chi connectivity index (χ4v) is 2.96.